The van der Waals surface area contributed by atoms with Crippen molar-refractivity contribution >= 4 is 18.0 Å². The second-order valence-corrected chi connectivity index (χ2v) is 2.07. The van der Waals surface area contributed by atoms with Gasteiger partial charge in [0.15, 0.2) is 5.92 Å². The van der Waals surface area contributed by atoms with E-state index in [0.29, 0.717) is 0 Å². The van der Waals surface area contributed by atoms with Gasteiger partial charge in [0, 0.05) is 0 Å². The first-order valence-electron chi connectivity index (χ1n) is 3.48. The molecule has 0 aliphatic heterocycles. The standard InChI is InChI=1S/C7H8F2O4/c1-2-13-7(12)4(3-10)5(11)6(8)9/h3-4,6H,2H2,1H3. The second kappa shape index (κ2) is 5.34. The first-order chi connectivity index (χ1) is 6.04. The van der Waals surface area contributed by atoms with Crippen molar-refractivity contribution in [3.63, 3.8) is 0 Å². The number of hydrogen-bond donors (Lipinski definition) is 0. The number of carbonyl (C=O) groups is 3. The molecule has 0 saturated heterocycles. The summed E-state index contributed by atoms with van der Waals surface area (Å²) in [4.78, 5) is 31.3. The highest BCUT2D eigenvalue weighted by molar-refractivity contribution is 6.11. The lowest BCUT2D eigenvalue weighted by Crippen LogP contribution is -2.31. The molecule has 0 amide bonds. The molecule has 1 unspecified atom stereocenters. The Morgan fingerprint density at radius 1 is 1.46 bits per heavy atom. The highest BCUT2D eigenvalue weighted by atomic mass is 19.3. The van der Waals surface area contributed by atoms with Crippen molar-refractivity contribution in [2.75, 3.05) is 6.61 Å². The molecule has 0 fully saturated rings. The Morgan fingerprint density at radius 3 is 2.31 bits per heavy atom. The van der Waals surface area contributed by atoms with Crippen LogP contribution in [0.1, 0.15) is 6.92 Å². The molecule has 0 aliphatic carbocycles. The molecular formula is C7H8F2O4. The van der Waals surface area contributed by atoms with E-state index >= 15 is 0 Å². The molecule has 74 valence electrons. The number of hydrogen-bond acceptors (Lipinski definition) is 4. The average Bonchev–Trinajstić information content (AvgIpc) is 2.05. The van der Waals surface area contributed by atoms with Gasteiger partial charge in [-0.25, -0.2) is 8.78 Å². The number of halogens is 2. The molecule has 13 heavy (non-hydrogen) atoms. The van der Waals surface area contributed by atoms with E-state index in [2.05, 4.69) is 4.74 Å². The van der Waals surface area contributed by atoms with Gasteiger partial charge in [0.05, 0.1) is 6.61 Å². The van der Waals surface area contributed by atoms with Crippen LogP contribution in [-0.2, 0) is 19.1 Å². The van der Waals surface area contributed by atoms with Crippen LogP contribution in [0.4, 0.5) is 8.78 Å². The number of alkyl halides is 2. The van der Waals surface area contributed by atoms with Gasteiger partial charge in [0.2, 0.25) is 5.78 Å². The Balaban J connectivity index is 4.41. The van der Waals surface area contributed by atoms with E-state index in [0.717, 1.165) is 0 Å². The molecule has 0 N–H and O–H groups in total. The van der Waals surface area contributed by atoms with Gasteiger partial charge in [0.25, 0.3) is 6.43 Å². The van der Waals surface area contributed by atoms with Crippen molar-refractivity contribution in [2.24, 2.45) is 5.92 Å². The molecular weight excluding hydrogens is 186 g/mol. The van der Waals surface area contributed by atoms with Gasteiger partial charge in [-0.2, -0.15) is 0 Å². The number of ether oxygens (including phenoxy) is 1. The van der Waals surface area contributed by atoms with E-state index in [1.54, 1.807) is 0 Å². The van der Waals surface area contributed by atoms with Crippen molar-refractivity contribution in [1.29, 1.82) is 0 Å². The minimum atomic E-state index is -3.33. The Bertz CT molecular complexity index is 215. The van der Waals surface area contributed by atoms with Gasteiger partial charge in [-0.1, -0.05) is 0 Å². The molecule has 0 spiro atoms. The maximum absolute atomic E-state index is 11.7. The zero-order chi connectivity index (χ0) is 10.4. The fourth-order valence-corrected chi connectivity index (χ4v) is 0.607. The molecule has 0 saturated carbocycles. The topological polar surface area (TPSA) is 60.4 Å². The van der Waals surface area contributed by atoms with E-state index in [1.807, 2.05) is 0 Å². The van der Waals surface area contributed by atoms with Crippen molar-refractivity contribution < 1.29 is 27.9 Å². The highest BCUT2D eigenvalue weighted by Gasteiger charge is 2.33. The largest absolute Gasteiger partial charge is 0.465 e. The van der Waals surface area contributed by atoms with Crippen LogP contribution in [0.15, 0.2) is 0 Å². The Hall–Kier alpha value is -1.33. The molecule has 0 rings (SSSR count). The quantitative estimate of drug-likeness (QED) is 0.356. The van der Waals surface area contributed by atoms with Gasteiger partial charge in [-0.15, -0.1) is 0 Å². The van der Waals surface area contributed by atoms with E-state index in [4.69, 9.17) is 0 Å². The number of Topliss-reactive ketones (excluding diaryl/α,β-unsaturated/α-hetero) is 1. The third kappa shape index (κ3) is 3.27. The average molecular weight is 194 g/mol. The fourth-order valence-electron chi connectivity index (χ4n) is 0.607. The van der Waals surface area contributed by atoms with Gasteiger partial charge < -0.3 is 9.53 Å². The summed E-state index contributed by atoms with van der Waals surface area (Å²) in [6.07, 6.45) is -3.48. The number of rotatable bonds is 5. The molecule has 0 aliphatic rings. The van der Waals surface area contributed by atoms with Crippen LogP contribution in [0, 0.1) is 5.92 Å². The van der Waals surface area contributed by atoms with Crippen molar-refractivity contribution in [1.82, 2.24) is 0 Å². The Labute approximate surface area is 72.9 Å². The number of aldehydes is 1. The maximum atomic E-state index is 11.7. The normalized spacial score (nSPS) is 12.3. The Morgan fingerprint density at radius 2 is 2.00 bits per heavy atom. The second-order valence-electron chi connectivity index (χ2n) is 2.07. The maximum Gasteiger partial charge on any atom is 0.324 e. The summed E-state index contributed by atoms with van der Waals surface area (Å²) in [7, 11) is 0. The summed E-state index contributed by atoms with van der Waals surface area (Å²) < 4.78 is 27.7. The van der Waals surface area contributed by atoms with Crippen LogP contribution in [0.2, 0.25) is 0 Å². The molecule has 0 aromatic rings. The first kappa shape index (κ1) is 11.7. The molecule has 0 heterocycles. The predicted molar refractivity (Wildman–Crippen MR) is 37.2 cm³/mol. The third-order valence-corrected chi connectivity index (χ3v) is 1.20. The lowest BCUT2D eigenvalue weighted by atomic mass is 10.1. The monoisotopic (exact) mass is 194 g/mol. The molecule has 0 bridgehead atoms. The van der Waals surface area contributed by atoms with E-state index in [-0.39, 0.29) is 12.9 Å². The first-order valence-corrected chi connectivity index (χ1v) is 3.48. The predicted octanol–water partition coefficient (Wildman–Crippen LogP) is 0.199. The lowest BCUT2D eigenvalue weighted by Gasteiger charge is -2.06. The van der Waals surface area contributed by atoms with E-state index in [1.165, 1.54) is 6.92 Å². The summed E-state index contributed by atoms with van der Waals surface area (Å²) in [5.74, 6) is -4.96. The van der Waals surface area contributed by atoms with Gasteiger partial charge >= 0.3 is 5.97 Å². The number of carbonyl (C=O) groups excluding carboxylic acids is 3. The summed E-state index contributed by atoms with van der Waals surface area (Å²) in [6, 6.07) is 0. The number of esters is 1. The molecule has 1 atom stereocenters. The molecule has 0 aromatic carbocycles. The van der Waals surface area contributed by atoms with Crippen LogP contribution in [0.5, 0.6) is 0 Å². The number of ketones is 1. The van der Waals surface area contributed by atoms with Crippen LogP contribution in [-0.4, -0.2) is 31.1 Å². The molecule has 6 heteroatoms. The SMILES string of the molecule is CCOC(=O)C(C=O)C(=O)C(F)F. The third-order valence-electron chi connectivity index (χ3n) is 1.20. The molecule has 0 aromatic heterocycles. The Kier molecular flexibility index (Phi) is 4.79. The summed E-state index contributed by atoms with van der Waals surface area (Å²) in [5.41, 5.74) is 0. The lowest BCUT2D eigenvalue weighted by molar-refractivity contribution is -0.155. The highest BCUT2D eigenvalue weighted by Crippen LogP contribution is 2.06. The fraction of sp³-hybridized carbons (Fsp3) is 0.571. The van der Waals surface area contributed by atoms with E-state index < -0.39 is 24.1 Å². The molecule has 4 nitrogen and oxygen atoms in total. The van der Waals surface area contributed by atoms with Gasteiger partial charge in [0.1, 0.15) is 6.29 Å². The van der Waals surface area contributed by atoms with Crippen LogP contribution in [0.25, 0.3) is 0 Å². The minimum Gasteiger partial charge on any atom is -0.465 e. The zero-order valence-corrected chi connectivity index (χ0v) is 6.83. The summed E-state index contributed by atoms with van der Waals surface area (Å²) in [5, 5.41) is 0. The van der Waals surface area contributed by atoms with Gasteiger partial charge in [-0.05, 0) is 6.92 Å². The van der Waals surface area contributed by atoms with Crippen molar-refractivity contribution in [3.05, 3.63) is 0 Å². The van der Waals surface area contributed by atoms with Gasteiger partial charge in [-0.3, -0.25) is 9.59 Å². The van der Waals surface area contributed by atoms with E-state index in [9.17, 15) is 23.2 Å². The van der Waals surface area contributed by atoms with Crippen molar-refractivity contribution in [2.45, 2.75) is 13.3 Å². The summed E-state index contributed by atoms with van der Waals surface area (Å²) in [6.45, 7) is 1.37. The van der Waals surface area contributed by atoms with Crippen LogP contribution < -0.4 is 0 Å². The smallest absolute Gasteiger partial charge is 0.324 e. The van der Waals surface area contributed by atoms with Crippen molar-refractivity contribution in [3.8, 4) is 0 Å². The zero-order valence-electron chi connectivity index (χ0n) is 6.83. The van der Waals surface area contributed by atoms with Crippen LogP contribution in [0.3, 0.4) is 0 Å². The summed E-state index contributed by atoms with van der Waals surface area (Å²) >= 11 is 0. The van der Waals surface area contributed by atoms with Crippen LogP contribution >= 0.6 is 0 Å². The minimum absolute atomic E-state index is 0.0698. The molecule has 0 radical (unpaired) electrons.